The Morgan fingerprint density at radius 1 is 1.14 bits per heavy atom. The van der Waals surface area contributed by atoms with Crippen LogP contribution < -0.4 is 5.32 Å². The Hall–Kier alpha value is -2.89. The van der Waals surface area contributed by atoms with Crippen LogP contribution >= 0.6 is 11.3 Å². The number of nitrogens with one attached hydrogen (secondary N) is 1. The van der Waals surface area contributed by atoms with Crippen LogP contribution in [0.1, 0.15) is 46.7 Å². The minimum atomic E-state index is -4.56. The molecule has 35 heavy (non-hydrogen) atoms. The van der Waals surface area contributed by atoms with Crippen LogP contribution in [-0.4, -0.2) is 39.7 Å². The maximum atomic E-state index is 13.1. The van der Waals surface area contributed by atoms with Crippen LogP contribution in [0.2, 0.25) is 0 Å². The quantitative estimate of drug-likeness (QED) is 0.441. The van der Waals surface area contributed by atoms with Crippen molar-refractivity contribution < 1.29 is 27.4 Å². The second-order valence-electron chi connectivity index (χ2n) is 8.75. The zero-order valence-electron chi connectivity index (χ0n) is 18.9. The van der Waals surface area contributed by atoms with E-state index < -0.39 is 17.7 Å². The lowest BCUT2D eigenvalue weighted by Gasteiger charge is -2.34. The van der Waals surface area contributed by atoms with E-state index in [9.17, 15) is 18.0 Å². The SMILES string of the molecule is Cc1cc(Nc2nccc(C(F)(F)F)n2)cc(-c2cnc(C(=O)C3CCC4(CC3)OCCO4)s2)c1. The van der Waals surface area contributed by atoms with Crippen molar-refractivity contribution in [2.75, 3.05) is 18.5 Å². The number of aryl methyl sites for hydroxylation is 1. The average molecular weight is 505 g/mol. The van der Waals surface area contributed by atoms with Gasteiger partial charge in [0.1, 0.15) is 5.69 Å². The zero-order valence-corrected chi connectivity index (χ0v) is 19.7. The second kappa shape index (κ2) is 9.29. The molecule has 0 bridgehead atoms. The summed E-state index contributed by atoms with van der Waals surface area (Å²) < 4.78 is 50.4. The van der Waals surface area contributed by atoms with E-state index in [1.54, 1.807) is 18.3 Å². The molecule has 1 aliphatic heterocycles. The summed E-state index contributed by atoms with van der Waals surface area (Å²) in [6.45, 7) is 3.07. The molecule has 1 aliphatic carbocycles. The van der Waals surface area contributed by atoms with Crippen LogP contribution in [0.4, 0.5) is 24.8 Å². The highest BCUT2D eigenvalue weighted by Crippen LogP contribution is 2.40. The number of alkyl halides is 3. The molecule has 0 atom stereocenters. The third kappa shape index (κ3) is 5.21. The van der Waals surface area contributed by atoms with Gasteiger partial charge in [-0.15, -0.1) is 11.3 Å². The summed E-state index contributed by atoms with van der Waals surface area (Å²) in [7, 11) is 0. The van der Waals surface area contributed by atoms with E-state index in [-0.39, 0.29) is 17.6 Å². The van der Waals surface area contributed by atoms with Crippen molar-refractivity contribution in [3.8, 4) is 10.4 Å². The second-order valence-corrected chi connectivity index (χ2v) is 9.78. The number of ether oxygens (including phenoxy) is 2. The summed E-state index contributed by atoms with van der Waals surface area (Å²) in [6, 6.07) is 6.31. The fourth-order valence-corrected chi connectivity index (χ4v) is 5.43. The first-order valence-electron chi connectivity index (χ1n) is 11.3. The molecule has 1 N–H and O–H groups in total. The molecule has 0 amide bonds. The predicted molar refractivity (Wildman–Crippen MR) is 124 cm³/mol. The molecule has 1 saturated carbocycles. The Balaban J connectivity index is 1.31. The molecule has 11 heteroatoms. The first-order chi connectivity index (χ1) is 16.7. The van der Waals surface area contributed by atoms with Gasteiger partial charge in [0.05, 0.1) is 18.1 Å². The molecular weight excluding hydrogens is 481 g/mol. The van der Waals surface area contributed by atoms with Crippen LogP contribution in [-0.2, 0) is 15.7 Å². The number of halogens is 3. The van der Waals surface area contributed by atoms with Gasteiger partial charge in [-0.25, -0.2) is 15.0 Å². The highest BCUT2D eigenvalue weighted by atomic mass is 32.1. The molecule has 3 aromatic rings. The summed E-state index contributed by atoms with van der Waals surface area (Å²) in [6.07, 6.45) is 0.961. The molecule has 0 unspecified atom stereocenters. The summed E-state index contributed by atoms with van der Waals surface area (Å²) in [5, 5.41) is 3.29. The summed E-state index contributed by atoms with van der Waals surface area (Å²) in [4.78, 5) is 25.7. The molecule has 2 aromatic heterocycles. The van der Waals surface area contributed by atoms with E-state index in [4.69, 9.17) is 9.47 Å². The number of anilines is 2. The van der Waals surface area contributed by atoms with Crippen LogP contribution in [0.3, 0.4) is 0 Å². The Morgan fingerprint density at radius 3 is 2.60 bits per heavy atom. The van der Waals surface area contributed by atoms with Gasteiger partial charge in [0.15, 0.2) is 16.6 Å². The van der Waals surface area contributed by atoms with Crippen molar-refractivity contribution in [2.45, 2.75) is 44.6 Å². The van der Waals surface area contributed by atoms with E-state index in [0.717, 1.165) is 28.3 Å². The number of carbonyl (C=O) groups is 1. The van der Waals surface area contributed by atoms with Gasteiger partial charge in [0, 0.05) is 36.8 Å². The van der Waals surface area contributed by atoms with Gasteiger partial charge in [0.25, 0.3) is 0 Å². The molecule has 2 fully saturated rings. The van der Waals surface area contributed by atoms with Crippen LogP contribution in [0.25, 0.3) is 10.4 Å². The lowest BCUT2D eigenvalue weighted by Crippen LogP contribution is -2.37. The number of rotatable bonds is 5. The number of ketones is 1. The first-order valence-corrected chi connectivity index (χ1v) is 12.1. The monoisotopic (exact) mass is 504 g/mol. The molecule has 1 saturated heterocycles. The zero-order chi connectivity index (χ0) is 24.6. The lowest BCUT2D eigenvalue weighted by atomic mass is 9.83. The maximum absolute atomic E-state index is 13.1. The molecule has 184 valence electrons. The van der Waals surface area contributed by atoms with Crippen molar-refractivity contribution in [3.05, 3.63) is 52.9 Å². The van der Waals surface area contributed by atoms with Crippen molar-refractivity contribution in [3.63, 3.8) is 0 Å². The van der Waals surface area contributed by atoms with Gasteiger partial charge in [-0.05, 0) is 49.1 Å². The first kappa shape index (κ1) is 23.8. The lowest BCUT2D eigenvalue weighted by molar-refractivity contribution is -0.180. The number of hydrogen-bond donors (Lipinski definition) is 1. The molecule has 1 spiro atoms. The molecule has 2 aliphatic rings. The topological polar surface area (TPSA) is 86.2 Å². The summed E-state index contributed by atoms with van der Waals surface area (Å²) in [5.41, 5.74) is 1.20. The molecule has 5 rings (SSSR count). The Labute approximate surface area is 203 Å². The number of carbonyl (C=O) groups excluding carboxylic acids is 1. The van der Waals surface area contributed by atoms with E-state index in [2.05, 4.69) is 20.3 Å². The number of aromatic nitrogens is 3. The van der Waals surface area contributed by atoms with Crippen LogP contribution in [0, 0.1) is 12.8 Å². The van der Waals surface area contributed by atoms with Gasteiger partial charge in [0.2, 0.25) is 5.95 Å². The van der Waals surface area contributed by atoms with Gasteiger partial charge in [-0.3, -0.25) is 4.79 Å². The van der Waals surface area contributed by atoms with Gasteiger partial charge >= 0.3 is 6.18 Å². The normalized spacial score (nSPS) is 18.2. The van der Waals surface area contributed by atoms with E-state index >= 15 is 0 Å². The highest BCUT2D eigenvalue weighted by Gasteiger charge is 2.42. The van der Waals surface area contributed by atoms with Gasteiger partial charge in [-0.1, -0.05) is 6.07 Å². The van der Waals surface area contributed by atoms with Crippen molar-refractivity contribution >= 4 is 28.8 Å². The highest BCUT2D eigenvalue weighted by molar-refractivity contribution is 7.17. The fourth-order valence-electron chi connectivity index (χ4n) is 4.51. The Bertz CT molecular complexity index is 1230. The molecule has 3 heterocycles. The fraction of sp³-hybridized carbons (Fsp3) is 0.417. The average Bonchev–Trinajstić information content (AvgIpc) is 3.49. The van der Waals surface area contributed by atoms with E-state index in [0.29, 0.717) is 49.6 Å². The largest absolute Gasteiger partial charge is 0.433 e. The maximum Gasteiger partial charge on any atom is 0.433 e. The number of benzene rings is 1. The molecule has 0 radical (unpaired) electrons. The third-order valence-electron chi connectivity index (χ3n) is 6.21. The summed E-state index contributed by atoms with van der Waals surface area (Å²) >= 11 is 1.31. The van der Waals surface area contributed by atoms with Gasteiger partial charge in [-0.2, -0.15) is 13.2 Å². The molecule has 1 aromatic carbocycles. The van der Waals surface area contributed by atoms with E-state index in [1.165, 1.54) is 11.3 Å². The Kier molecular flexibility index (Phi) is 6.32. The van der Waals surface area contributed by atoms with Crippen molar-refractivity contribution in [2.24, 2.45) is 5.92 Å². The van der Waals surface area contributed by atoms with Crippen molar-refractivity contribution in [1.82, 2.24) is 15.0 Å². The van der Waals surface area contributed by atoms with E-state index in [1.807, 2.05) is 13.0 Å². The number of nitrogens with zero attached hydrogens (tertiary/aromatic N) is 3. The minimum absolute atomic E-state index is 0.0254. The third-order valence-corrected chi connectivity index (χ3v) is 7.27. The minimum Gasteiger partial charge on any atom is -0.348 e. The van der Waals surface area contributed by atoms with Crippen LogP contribution in [0.5, 0.6) is 0 Å². The number of Topliss-reactive ketones (excluding diaryl/α,β-unsaturated/α-hetero) is 1. The summed E-state index contributed by atoms with van der Waals surface area (Å²) in [5.74, 6) is -0.751. The predicted octanol–water partition coefficient (Wildman–Crippen LogP) is 5.79. The smallest absolute Gasteiger partial charge is 0.348 e. The van der Waals surface area contributed by atoms with Gasteiger partial charge < -0.3 is 14.8 Å². The number of hydrogen-bond acceptors (Lipinski definition) is 8. The van der Waals surface area contributed by atoms with Crippen LogP contribution in [0.15, 0.2) is 36.7 Å². The molecule has 7 nitrogen and oxygen atoms in total. The van der Waals surface area contributed by atoms with Crippen molar-refractivity contribution in [1.29, 1.82) is 0 Å². The number of thiazole rings is 1. The standard InChI is InChI=1S/C24H23F3N4O3S/c1-14-10-16(12-17(11-14)30-22-28-7-4-19(31-22)24(25,26)27)18-13-29-21(35-18)20(32)15-2-5-23(6-3-15)33-8-9-34-23/h4,7,10-13,15H,2-3,5-6,8-9H2,1H3,(H,28,30,31). The molecular formula is C24H23F3N4O3S. The Morgan fingerprint density at radius 2 is 1.89 bits per heavy atom.